The van der Waals surface area contributed by atoms with Crippen LogP contribution in [0.4, 0.5) is 0 Å². The standard InChI is InChI=1S/C8H20O4Si.3C2H5O.Al/c1-5-9-13(10-6-2,11-7-3)12-8-4;3*1-2-3;/h5-8H2,1-4H3;3*2H2,1H3;/q;3*-1;+3. The Balaban J connectivity index is 0. The van der Waals surface area contributed by atoms with Crippen LogP contribution >= 0.6 is 0 Å². The van der Waals surface area contributed by atoms with E-state index < -0.39 is 24.2 Å². The van der Waals surface area contributed by atoms with Gasteiger partial charge in [-0.3, -0.25) is 0 Å². The smallest absolute Gasteiger partial charge is 0.455 e. The lowest BCUT2D eigenvalue weighted by atomic mass is 10.9. The second-order valence-corrected chi connectivity index (χ2v) is 7.62. The lowest BCUT2D eigenvalue weighted by Crippen LogP contribution is -2.49. The fourth-order valence-corrected chi connectivity index (χ4v) is 4.53. The van der Waals surface area contributed by atoms with Crippen molar-refractivity contribution in [3.05, 3.63) is 0 Å². The molecule has 0 saturated carbocycles. The van der Waals surface area contributed by atoms with Gasteiger partial charge in [0.1, 0.15) is 0 Å². The van der Waals surface area contributed by atoms with E-state index in [1.54, 1.807) is 0 Å². The minimum Gasteiger partial charge on any atom is -0.455 e. The molecule has 7 nitrogen and oxygen atoms in total. The molecule has 0 aromatic heterocycles. The normalized spacial score (nSPS) is 11.1. The Morgan fingerprint density at radius 2 is 0.739 bits per heavy atom. The third kappa shape index (κ3) is 14.5. The Labute approximate surface area is 148 Å². The van der Waals surface area contributed by atoms with Crippen molar-refractivity contribution in [2.75, 3.05) is 46.2 Å². The molecule has 0 aliphatic rings. The van der Waals surface area contributed by atoms with Gasteiger partial charge in [-0.25, -0.2) is 0 Å². The first-order chi connectivity index (χ1) is 11.1. The predicted octanol–water partition coefficient (Wildman–Crippen LogP) is 2.65. The van der Waals surface area contributed by atoms with Crippen molar-refractivity contribution in [1.29, 1.82) is 0 Å². The fraction of sp³-hybridized carbons (Fsp3) is 1.00. The topological polar surface area (TPSA) is 64.6 Å². The van der Waals surface area contributed by atoms with Gasteiger partial charge in [0.2, 0.25) is 0 Å². The zero-order valence-electron chi connectivity index (χ0n) is 15.9. The second kappa shape index (κ2) is 18.8. The molecule has 140 valence electrons. The first kappa shape index (κ1) is 25.7. The largest absolute Gasteiger partial charge is 0.905 e. The molecule has 0 bridgehead atoms. The van der Waals surface area contributed by atoms with Gasteiger partial charge in [-0.15, -0.1) is 0 Å². The average Bonchev–Trinajstić information content (AvgIpc) is 2.50. The van der Waals surface area contributed by atoms with Crippen molar-refractivity contribution in [3.8, 4) is 0 Å². The molecule has 0 fully saturated rings. The summed E-state index contributed by atoms with van der Waals surface area (Å²) in [5.74, 6) is 0. The van der Waals surface area contributed by atoms with E-state index in [0.717, 1.165) is 0 Å². The van der Waals surface area contributed by atoms with E-state index in [-0.39, 0.29) is 0 Å². The van der Waals surface area contributed by atoms with E-state index >= 15 is 0 Å². The van der Waals surface area contributed by atoms with Crippen molar-refractivity contribution in [2.24, 2.45) is 0 Å². The molecule has 0 aliphatic carbocycles. The Hall–Kier alpha value is 0.469. The molecule has 9 heteroatoms. The number of hydrogen-bond acceptors (Lipinski definition) is 7. The van der Waals surface area contributed by atoms with E-state index in [2.05, 4.69) is 0 Å². The van der Waals surface area contributed by atoms with Gasteiger partial charge in [0.15, 0.2) is 0 Å². The summed E-state index contributed by atoms with van der Waals surface area (Å²) in [4.78, 5) is 0. The molecule has 0 N–H and O–H groups in total. The minimum atomic E-state index is -2.80. The van der Waals surface area contributed by atoms with Crippen molar-refractivity contribution in [3.63, 3.8) is 0 Å². The Morgan fingerprint density at radius 1 is 0.478 bits per heavy atom. The van der Waals surface area contributed by atoms with Crippen molar-refractivity contribution in [2.45, 2.75) is 48.5 Å². The van der Waals surface area contributed by atoms with E-state index in [1.165, 1.54) is 0 Å². The highest BCUT2D eigenvalue weighted by Crippen LogP contribution is 2.11. The average molecular weight is 370 g/mol. The van der Waals surface area contributed by atoms with Crippen LogP contribution < -0.4 is 0 Å². The van der Waals surface area contributed by atoms with E-state index in [1.807, 2.05) is 48.5 Å². The van der Waals surface area contributed by atoms with Crippen LogP contribution in [0.1, 0.15) is 48.5 Å². The SMILES string of the molecule is CCO[Si](OCC)(OCC)OCC.CC[O][Al]([O]CC)[O]CC. The Bertz CT molecular complexity index is 193. The van der Waals surface area contributed by atoms with Gasteiger partial charge in [0.25, 0.3) is 0 Å². The van der Waals surface area contributed by atoms with Crippen LogP contribution in [-0.4, -0.2) is 70.4 Å². The summed E-state index contributed by atoms with van der Waals surface area (Å²) in [7, 11) is -2.80. The van der Waals surface area contributed by atoms with Crippen LogP contribution in [0.25, 0.3) is 0 Å². The maximum atomic E-state index is 5.42. The quantitative estimate of drug-likeness (QED) is 0.436. The van der Waals surface area contributed by atoms with Gasteiger partial charge in [0, 0.05) is 46.2 Å². The molecular formula is C14H35AlO7Si. The third-order valence-corrected chi connectivity index (χ3v) is 6.58. The van der Waals surface area contributed by atoms with Crippen molar-refractivity contribution in [1.82, 2.24) is 0 Å². The summed E-state index contributed by atoms with van der Waals surface area (Å²) >= 11 is -1.73. The first-order valence-corrected chi connectivity index (χ1v) is 11.5. The zero-order chi connectivity index (χ0) is 18.0. The Kier molecular flexibility index (Phi) is 21.0. The van der Waals surface area contributed by atoms with Gasteiger partial charge < -0.3 is 29.1 Å². The molecule has 0 heterocycles. The minimum absolute atomic E-state index is 0.548. The molecule has 0 aromatic rings. The lowest BCUT2D eigenvalue weighted by Gasteiger charge is -2.26. The lowest BCUT2D eigenvalue weighted by molar-refractivity contribution is -0.0247. The number of rotatable bonds is 14. The molecule has 23 heavy (non-hydrogen) atoms. The summed E-state index contributed by atoms with van der Waals surface area (Å²) in [5, 5.41) is 0. The highest BCUT2D eigenvalue weighted by atomic mass is 28.4. The predicted molar refractivity (Wildman–Crippen MR) is 92.9 cm³/mol. The van der Waals surface area contributed by atoms with Gasteiger partial charge in [-0.1, -0.05) is 0 Å². The molecule has 0 unspecified atom stereocenters. The maximum absolute atomic E-state index is 5.42. The summed E-state index contributed by atoms with van der Waals surface area (Å²) in [6.45, 7) is 17.7. The van der Waals surface area contributed by atoms with Gasteiger partial charge in [-0.05, 0) is 48.5 Å². The molecule has 0 atom stereocenters. The molecule has 0 saturated heterocycles. The highest BCUT2D eigenvalue weighted by molar-refractivity contribution is 6.53. The molecule has 0 radical (unpaired) electrons. The second-order valence-electron chi connectivity index (χ2n) is 3.89. The molecule has 0 aromatic carbocycles. The summed E-state index contributed by atoms with van der Waals surface area (Å²) < 4.78 is 37.3. The van der Waals surface area contributed by atoms with Gasteiger partial charge in [-0.2, -0.15) is 0 Å². The molecule has 0 spiro atoms. The van der Waals surface area contributed by atoms with Gasteiger partial charge >= 0.3 is 24.2 Å². The summed E-state index contributed by atoms with van der Waals surface area (Å²) in [6.07, 6.45) is 0. The number of hydrogen-bond donors (Lipinski definition) is 0. The van der Waals surface area contributed by atoms with Crippen molar-refractivity contribution >= 4 is 24.2 Å². The van der Waals surface area contributed by atoms with Crippen LogP contribution in [0.3, 0.4) is 0 Å². The van der Waals surface area contributed by atoms with E-state index in [4.69, 9.17) is 29.1 Å². The van der Waals surface area contributed by atoms with Gasteiger partial charge in [0.05, 0.1) is 0 Å². The highest BCUT2D eigenvalue weighted by Gasteiger charge is 2.44. The molecular weight excluding hydrogens is 335 g/mol. The fourth-order valence-electron chi connectivity index (χ4n) is 1.51. The van der Waals surface area contributed by atoms with Crippen LogP contribution in [0, 0.1) is 0 Å². The molecule has 0 rings (SSSR count). The van der Waals surface area contributed by atoms with E-state index in [9.17, 15) is 0 Å². The van der Waals surface area contributed by atoms with Crippen LogP contribution in [-0.2, 0) is 29.1 Å². The summed E-state index contributed by atoms with van der Waals surface area (Å²) in [5.41, 5.74) is 0. The van der Waals surface area contributed by atoms with Crippen LogP contribution in [0.15, 0.2) is 0 Å². The van der Waals surface area contributed by atoms with Crippen LogP contribution in [0.2, 0.25) is 0 Å². The van der Waals surface area contributed by atoms with Crippen molar-refractivity contribution < 1.29 is 29.1 Å². The zero-order valence-corrected chi connectivity index (χ0v) is 18.0. The monoisotopic (exact) mass is 370 g/mol. The summed E-state index contributed by atoms with van der Waals surface area (Å²) in [6, 6.07) is 0. The maximum Gasteiger partial charge on any atom is 0.905 e. The molecule has 0 amide bonds. The first-order valence-electron chi connectivity index (χ1n) is 8.49. The third-order valence-electron chi connectivity index (χ3n) is 2.19. The Morgan fingerprint density at radius 3 is 0.913 bits per heavy atom. The van der Waals surface area contributed by atoms with E-state index in [0.29, 0.717) is 46.2 Å². The van der Waals surface area contributed by atoms with Crippen LogP contribution in [0.5, 0.6) is 0 Å². The molecule has 0 aliphatic heterocycles.